The third-order valence-corrected chi connectivity index (χ3v) is 4.12. The van der Waals surface area contributed by atoms with Gasteiger partial charge in [-0.3, -0.25) is 0 Å². The van der Waals surface area contributed by atoms with E-state index in [2.05, 4.69) is 5.32 Å². The fraction of sp³-hybridized carbons (Fsp3) is 0.200. The second-order valence-electron chi connectivity index (χ2n) is 6.01. The summed E-state index contributed by atoms with van der Waals surface area (Å²) >= 11 is 0. The van der Waals surface area contributed by atoms with Crippen molar-refractivity contribution in [1.29, 1.82) is 0 Å². The van der Waals surface area contributed by atoms with Gasteiger partial charge in [0.25, 0.3) is 0 Å². The predicted octanol–water partition coefficient (Wildman–Crippen LogP) is 3.18. The molecule has 0 saturated heterocycles. The monoisotopic (exact) mass is 337 g/mol. The summed E-state index contributed by atoms with van der Waals surface area (Å²) in [7, 11) is 0. The van der Waals surface area contributed by atoms with Gasteiger partial charge in [0.15, 0.2) is 0 Å². The Kier molecular flexibility index (Phi) is 5.14. The molecule has 0 radical (unpaired) electrons. The summed E-state index contributed by atoms with van der Waals surface area (Å²) in [5.41, 5.74) is 4.08. The Morgan fingerprint density at radius 1 is 1.12 bits per heavy atom. The van der Waals surface area contributed by atoms with E-state index in [0.717, 1.165) is 29.2 Å². The molecule has 3 rings (SSSR count). The van der Waals surface area contributed by atoms with E-state index in [1.54, 1.807) is 6.08 Å². The molecule has 1 atom stereocenters. The number of rotatable bonds is 5. The average Bonchev–Trinajstić information content (AvgIpc) is 3.00. The van der Waals surface area contributed by atoms with Crippen LogP contribution in [0.5, 0.6) is 0 Å². The molecular formula is C20H19NO4. The summed E-state index contributed by atoms with van der Waals surface area (Å²) < 4.78 is 5.25. The van der Waals surface area contributed by atoms with Gasteiger partial charge in [0, 0.05) is 12.1 Å². The minimum absolute atomic E-state index is 0.00280. The number of alkyl carbamates (subject to hydrolysis) is 1. The number of hydrogen-bond donors (Lipinski definition) is 2. The van der Waals surface area contributed by atoms with Gasteiger partial charge in [-0.2, -0.15) is 0 Å². The maximum Gasteiger partial charge on any atom is 0.407 e. The highest BCUT2D eigenvalue weighted by atomic mass is 16.5. The molecule has 0 bridgehead atoms. The van der Waals surface area contributed by atoms with Crippen molar-refractivity contribution in [3.63, 3.8) is 0 Å². The first kappa shape index (κ1) is 16.8. The van der Waals surface area contributed by atoms with Crippen LogP contribution in [0.2, 0.25) is 0 Å². The van der Waals surface area contributed by atoms with Crippen LogP contribution in [0.1, 0.15) is 22.3 Å². The Balaban J connectivity index is 1.53. The van der Waals surface area contributed by atoms with Crippen molar-refractivity contribution in [2.45, 2.75) is 25.5 Å². The molecule has 0 aliphatic heterocycles. The number of nitrogens with one attached hydrogen (secondary N) is 1. The van der Waals surface area contributed by atoms with Crippen molar-refractivity contribution >= 4 is 18.1 Å². The van der Waals surface area contributed by atoms with Crippen LogP contribution >= 0.6 is 0 Å². The lowest BCUT2D eigenvalue weighted by Crippen LogP contribution is -2.35. The van der Waals surface area contributed by atoms with E-state index in [1.165, 1.54) is 5.56 Å². The number of carboxylic acid groups (broad SMARTS) is 1. The number of ether oxygens (including phenoxy) is 1. The van der Waals surface area contributed by atoms with Gasteiger partial charge in [0.1, 0.15) is 6.61 Å². The molecule has 5 nitrogen and oxygen atoms in total. The summed E-state index contributed by atoms with van der Waals surface area (Å²) in [4.78, 5) is 22.6. The van der Waals surface area contributed by atoms with Gasteiger partial charge in [-0.25, -0.2) is 9.59 Å². The lowest BCUT2D eigenvalue weighted by atomic mass is 10.1. The Bertz CT molecular complexity index is 799. The highest BCUT2D eigenvalue weighted by Gasteiger charge is 2.23. The summed E-state index contributed by atoms with van der Waals surface area (Å²) in [5, 5.41) is 11.6. The smallest absolute Gasteiger partial charge is 0.407 e. The lowest BCUT2D eigenvalue weighted by Gasteiger charge is -2.12. The molecule has 2 aromatic carbocycles. The summed E-state index contributed by atoms with van der Waals surface area (Å²) in [6.45, 7) is 0.247. The van der Waals surface area contributed by atoms with Gasteiger partial charge >= 0.3 is 12.1 Å². The molecule has 0 spiro atoms. The number of amides is 1. The number of carbonyl (C=O) groups is 2. The number of carboxylic acids is 1. The van der Waals surface area contributed by atoms with E-state index in [1.807, 2.05) is 48.5 Å². The van der Waals surface area contributed by atoms with Crippen LogP contribution in [0.15, 0.2) is 54.6 Å². The van der Waals surface area contributed by atoms with Crippen LogP contribution in [0.4, 0.5) is 4.79 Å². The van der Waals surface area contributed by atoms with Gasteiger partial charge < -0.3 is 15.2 Å². The third kappa shape index (κ3) is 4.70. The van der Waals surface area contributed by atoms with Crippen LogP contribution in [0.3, 0.4) is 0 Å². The highest BCUT2D eigenvalue weighted by Crippen LogP contribution is 2.24. The van der Waals surface area contributed by atoms with Crippen molar-refractivity contribution in [3.05, 3.63) is 76.9 Å². The first-order valence-corrected chi connectivity index (χ1v) is 8.10. The first-order chi connectivity index (χ1) is 12.1. The zero-order valence-electron chi connectivity index (χ0n) is 13.6. The van der Waals surface area contributed by atoms with Crippen LogP contribution in [-0.4, -0.2) is 23.2 Å². The van der Waals surface area contributed by atoms with Crippen LogP contribution in [-0.2, 0) is 29.0 Å². The minimum Gasteiger partial charge on any atom is -0.478 e. The quantitative estimate of drug-likeness (QED) is 0.822. The van der Waals surface area contributed by atoms with Gasteiger partial charge in [0.05, 0.1) is 0 Å². The second kappa shape index (κ2) is 7.66. The normalized spacial score (nSPS) is 15.8. The molecule has 128 valence electrons. The lowest BCUT2D eigenvalue weighted by molar-refractivity contribution is -0.131. The number of hydrogen-bond acceptors (Lipinski definition) is 3. The van der Waals surface area contributed by atoms with Crippen molar-refractivity contribution in [3.8, 4) is 0 Å². The molecule has 0 saturated carbocycles. The third-order valence-electron chi connectivity index (χ3n) is 4.12. The maximum atomic E-state index is 12.0. The number of benzene rings is 2. The standard InChI is InChI=1S/C20H19NO4/c22-19(23)9-7-14-6-8-16-11-18(12-17(16)10-14)21-20(24)25-13-15-4-2-1-3-5-15/h1-10,18H,11-13H2,(H,21,24)(H,22,23)/b9-7+. The molecule has 0 heterocycles. The molecule has 1 unspecified atom stereocenters. The Labute approximate surface area is 145 Å². The fourth-order valence-electron chi connectivity index (χ4n) is 2.94. The molecule has 25 heavy (non-hydrogen) atoms. The van der Waals surface area contributed by atoms with E-state index in [-0.39, 0.29) is 12.6 Å². The first-order valence-electron chi connectivity index (χ1n) is 8.10. The van der Waals surface area contributed by atoms with E-state index >= 15 is 0 Å². The molecule has 1 aliphatic carbocycles. The van der Waals surface area contributed by atoms with E-state index < -0.39 is 12.1 Å². The van der Waals surface area contributed by atoms with E-state index in [4.69, 9.17) is 9.84 Å². The summed E-state index contributed by atoms with van der Waals surface area (Å²) in [6.07, 6.45) is 3.72. The number of aliphatic carboxylic acids is 1. The van der Waals surface area contributed by atoms with Gasteiger partial charge in [-0.1, -0.05) is 48.5 Å². The number of carbonyl (C=O) groups excluding carboxylic acids is 1. The Morgan fingerprint density at radius 3 is 2.64 bits per heavy atom. The van der Waals surface area contributed by atoms with Crippen LogP contribution in [0, 0.1) is 0 Å². The van der Waals surface area contributed by atoms with Crippen molar-refractivity contribution in [2.24, 2.45) is 0 Å². The molecule has 2 aromatic rings. The second-order valence-corrected chi connectivity index (χ2v) is 6.01. The molecule has 0 fully saturated rings. The van der Waals surface area contributed by atoms with E-state index in [9.17, 15) is 9.59 Å². The molecular weight excluding hydrogens is 318 g/mol. The number of fused-ring (bicyclic) bond motifs is 1. The fourth-order valence-corrected chi connectivity index (χ4v) is 2.94. The summed E-state index contributed by atoms with van der Waals surface area (Å²) in [5.74, 6) is -0.971. The summed E-state index contributed by atoms with van der Waals surface area (Å²) in [6, 6.07) is 15.4. The van der Waals surface area contributed by atoms with Gasteiger partial charge in [-0.15, -0.1) is 0 Å². The molecule has 1 amide bonds. The SMILES string of the molecule is O=C(O)/C=C/c1ccc2c(c1)CC(NC(=O)OCc1ccccc1)C2. The minimum atomic E-state index is -0.971. The van der Waals surface area contributed by atoms with Gasteiger partial charge in [-0.05, 0) is 41.2 Å². The largest absolute Gasteiger partial charge is 0.478 e. The molecule has 0 aromatic heterocycles. The molecule has 5 heteroatoms. The highest BCUT2D eigenvalue weighted by molar-refractivity contribution is 5.85. The topological polar surface area (TPSA) is 75.6 Å². The zero-order valence-corrected chi connectivity index (χ0v) is 13.6. The van der Waals surface area contributed by atoms with Crippen molar-refractivity contribution in [2.75, 3.05) is 0 Å². The van der Waals surface area contributed by atoms with Crippen LogP contribution in [0.25, 0.3) is 6.08 Å². The predicted molar refractivity (Wildman–Crippen MR) is 94.1 cm³/mol. The van der Waals surface area contributed by atoms with Crippen molar-refractivity contribution < 1.29 is 19.4 Å². The van der Waals surface area contributed by atoms with Gasteiger partial charge in [0.2, 0.25) is 0 Å². The molecule has 2 N–H and O–H groups in total. The van der Waals surface area contributed by atoms with Crippen LogP contribution < -0.4 is 5.32 Å². The molecule has 1 aliphatic rings. The Morgan fingerprint density at radius 2 is 1.88 bits per heavy atom. The zero-order chi connectivity index (χ0) is 17.6. The van der Waals surface area contributed by atoms with E-state index in [0.29, 0.717) is 6.42 Å². The van der Waals surface area contributed by atoms with Crippen molar-refractivity contribution in [1.82, 2.24) is 5.32 Å². The average molecular weight is 337 g/mol. The Hall–Kier alpha value is -3.08. The maximum absolute atomic E-state index is 12.0.